The van der Waals surface area contributed by atoms with E-state index in [9.17, 15) is 0 Å². The number of rotatable bonds is 2. The molecule has 0 aliphatic carbocycles. The van der Waals surface area contributed by atoms with Crippen molar-refractivity contribution in [1.29, 1.82) is 0 Å². The van der Waals surface area contributed by atoms with Gasteiger partial charge < -0.3 is 10.6 Å². The summed E-state index contributed by atoms with van der Waals surface area (Å²) in [4.78, 5) is 4.03. The van der Waals surface area contributed by atoms with Crippen molar-refractivity contribution in [1.82, 2.24) is 10.6 Å². The van der Waals surface area contributed by atoms with Gasteiger partial charge in [0.15, 0.2) is 5.96 Å². The van der Waals surface area contributed by atoms with Crippen molar-refractivity contribution in [2.45, 2.75) is 13.5 Å². The number of aryl methyl sites for hydroxylation is 1. The van der Waals surface area contributed by atoms with Crippen LogP contribution >= 0.6 is 0 Å². The molecule has 14 heavy (non-hydrogen) atoms. The normalized spacial score (nSPS) is 11.2. The van der Waals surface area contributed by atoms with Crippen molar-refractivity contribution < 1.29 is 0 Å². The van der Waals surface area contributed by atoms with Gasteiger partial charge in [-0.05, 0) is 12.5 Å². The highest BCUT2D eigenvalue weighted by atomic mass is 15.1. The first-order chi connectivity index (χ1) is 6.76. The van der Waals surface area contributed by atoms with Crippen LogP contribution in [-0.4, -0.2) is 20.1 Å². The van der Waals surface area contributed by atoms with Crippen LogP contribution in [0.2, 0.25) is 0 Å². The largest absolute Gasteiger partial charge is 0.359 e. The number of guanidine groups is 1. The molecule has 3 nitrogen and oxygen atoms in total. The Morgan fingerprint density at radius 2 is 1.93 bits per heavy atom. The number of nitrogens with zero attached hydrogens (tertiary/aromatic N) is 1. The molecule has 0 atom stereocenters. The lowest BCUT2D eigenvalue weighted by Gasteiger charge is -2.08. The molecule has 0 saturated heterocycles. The van der Waals surface area contributed by atoms with Crippen LogP contribution in [0.15, 0.2) is 29.3 Å². The maximum absolute atomic E-state index is 4.03. The van der Waals surface area contributed by atoms with Gasteiger partial charge in [0.25, 0.3) is 0 Å². The fourth-order valence-corrected chi connectivity index (χ4v) is 1.17. The highest BCUT2D eigenvalue weighted by Gasteiger charge is 1.94. The molecule has 0 bridgehead atoms. The van der Waals surface area contributed by atoms with E-state index in [0.717, 1.165) is 12.5 Å². The van der Waals surface area contributed by atoms with E-state index >= 15 is 0 Å². The second-order valence-corrected chi connectivity index (χ2v) is 3.16. The Bertz CT molecular complexity index is 301. The second-order valence-electron chi connectivity index (χ2n) is 3.16. The highest BCUT2D eigenvalue weighted by molar-refractivity contribution is 5.79. The predicted molar refractivity (Wildman–Crippen MR) is 60.4 cm³/mol. The van der Waals surface area contributed by atoms with E-state index in [1.54, 1.807) is 7.05 Å². The van der Waals surface area contributed by atoms with Crippen molar-refractivity contribution in [3.05, 3.63) is 35.4 Å². The monoisotopic (exact) mass is 191 g/mol. The topological polar surface area (TPSA) is 36.4 Å². The minimum atomic E-state index is 0.799. The molecule has 0 saturated carbocycles. The van der Waals surface area contributed by atoms with Crippen LogP contribution in [0.25, 0.3) is 0 Å². The van der Waals surface area contributed by atoms with Crippen LogP contribution in [0.4, 0.5) is 0 Å². The molecule has 0 spiro atoms. The summed E-state index contributed by atoms with van der Waals surface area (Å²) < 4.78 is 0. The zero-order valence-electron chi connectivity index (χ0n) is 8.96. The second kappa shape index (κ2) is 5.27. The van der Waals surface area contributed by atoms with Crippen molar-refractivity contribution >= 4 is 5.96 Å². The van der Waals surface area contributed by atoms with Gasteiger partial charge in [0, 0.05) is 20.6 Å². The average Bonchev–Trinajstić information content (AvgIpc) is 2.22. The molecule has 3 heteroatoms. The lowest BCUT2D eigenvalue weighted by atomic mass is 10.1. The van der Waals surface area contributed by atoms with Crippen LogP contribution in [0, 0.1) is 6.92 Å². The van der Waals surface area contributed by atoms with Gasteiger partial charge >= 0.3 is 0 Å². The number of nitrogens with one attached hydrogen (secondary N) is 2. The van der Waals surface area contributed by atoms with Gasteiger partial charge in [-0.2, -0.15) is 0 Å². The van der Waals surface area contributed by atoms with Gasteiger partial charge in [0.2, 0.25) is 0 Å². The third kappa shape index (κ3) is 3.09. The fraction of sp³-hybridized carbons (Fsp3) is 0.364. The summed E-state index contributed by atoms with van der Waals surface area (Å²) in [5.41, 5.74) is 2.54. The Kier molecular flexibility index (Phi) is 3.98. The molecule has 0 amide bonds. The first-order valence-corrected chi connectivity index (χ1v) is 4.70. The summed E-state index contributed by atoms with van der Waals surface area (Å²) in [7, 11) is 3.61. The molecular weight excluding hydrogens is 174 g/mol. The Balaban J connectivity index is 2.49. The van der Waals surface area contributed by atoms with E-state index in [0.29, 0.717) is 0 Å². The maximum atomic E-state index is 4.03. The van der Waals surface area contributed by atoms with Crippen molar-refractivity contribution in [2.24, 2.45) is 4.99 Å². The SMILES string of the molecule is CN=C(NC)NCc1ccc(C)cc1. The van der Waals surface area contributed by atoms with E-state index in [-0.39, 0.29) is 0 Å². The zero-order valence-corrected chi connectivity index (χ0v) is 8.96. The third-order valence-electron chi connectivity index (χ3n) is 2.04. The summed E-state index contributed by atoms with van der Waals surface area (Å²) in [6, 6.07) is 8.45. The fourth-order valence-electron chi connectivity index (χ4n) is 1.17. The number of benzene rings is 1. The van der Waals surface area contributed by atoms with E-state index in [4.69, 9.17) is 0 Å². The molecule has 0 heterocycles. The predicted octanol–water partition coefficient (Wildman–Crippen LogP) is 1.29. The average molecular weight is 191 g/mol. The summed E-state index contributed by atoms with van der Waals surface area (Å²) in [5.74, 6) is 0.811. The summed E-state index contributed by atoms with van der Waals surface area (Å²) in [6.07, 6.45) is 0. The van der Waals surface area contributed by atoms with E-state index in [2.05, 4.69) is 46.8 Å². The van der Waals surface area contributed by atoms with E-state index in [1.807, 2.05) is 7.05 Å². The molecular formula is C11H17N3. The maximum Gasteiger partial charge on any atom is 0.190 e. The molecule has 1 aromatic carbocycles. The molecule has 76 valence electrons. The molecule has 0 aromatic heterocycles. The number of hydrogen-bond donors (Lipinski definition) is 2. The molecule has 0 aliphatic rings. The summed E-state index contributed by atoms with van der Waals surface area (Å²) >= 11 is 0. The molecule has 0 unspecified atom stereocenters. The first-order valence-electron chi connectivity index (χ1n) is 4.70. The quantitative estimate of drug-likeness (QED) is 0.546. The number of hydrogen-bond acceptors (Lipinski definition) is 1. The minimum absolute atomic E-state index is 0.799. The van der Waals surface area contributed by atoms with Gasteiger partial charge in [-0.1, -0.05) is 29.8 Å². The third-order valence-corrected chi connectivity index (χ3v) is 2.04. The molecule has 0 aliphatic heterocycles. The smallest absolute Gasteiger partial charge is 0.190 e. The summed E-state index contributed by atoms with van der Waals surface area (Å²) in [5, 5.41) is 6.17. The van der Waals surface area contributed by atoms with Crippen molar-refractivity contribution in [2.75, 3.05) is 14.1 Å². The van der Waals surface area contributed by atoms with Gasteiger partial charge in [0.1, 0.15) is 0 Å². The molecule has 1 rings (SSSR count). The number of aliphatic imine (C=N–C) groups is 1. The van der Waals surface area contributed by atoms with Crippen molar-refractivity contribution in [3.8, 4) is 0 Å². The van der Waals surface area contributed by atoms with E-state index < -0.39 is 0 Å². The Hall–Kier alpha value is -1.51. The van der Waals surface area contributed by atoms with Crippen LogP contribution in [0.3, 0.4) is 0 Å². The van der Waals surface area contributed by atoms with Gasteiger partial charge in [-0.25, -0.2) is 0 Å². The highest BCUT2D eigenvalue weighted by Crippen LogP contribution is 2.01. The lowest BCUT2D eigenvalue weighted by molar-refractivity contribution is 0.866. The minimum Gasteiger partial charge on any atom is -0.359 e. The standard InChI is InChI=1S/C11H17N3/c1-9-4-6-10(7-5-9)8-14-11(12-2)13-3/h4-7H,8H2,1-3H3,(H2,12,13,14). The van der Waals surface area contributed by atoms with Crippen molar-refractivity contribution in [3.63, 3.8) is 0 Å². The molecule has 0 radical (unpaired) electrons. The molecule has 2 N–H and O–H groups in total. The van der Waals surface area contributed by atoms with Crippen LogP contribution < -0.4 is 10.6 Å². The summed E-state index contributed by atoms with van der Waals surface area (Å²) in [6.45, 7) is 2.89. The van der Waals surface area contributed by atoms with E-state index in [1.165, 1.54) is 11.1 Å². The Labute approximate surface area is 85.3 Å². The van der Waals surface area contributed by atoms with Gasteiger partial charge in [0.05, 0.1) is 0 Å². The first kappa shape index (κ1) is 10.6. The Morgan fingerprint density at radius 1 is 1.29 bits per heavy atom. The van der Waals surface area contributed by atoms with Crippen LogP contribution in [0.1, 0.15) is 11.1 Å². The lowest BCUT2D eigenvalue weighted by Crippen LogP contribution is -2.34. The van der Waals surface area contributed by atoms with Gasteiger partial charge in [-0.3, -0.25) is 4.99 Å². The van der Waals surface area contributed by atoms with Crippen LogP contribution in [0.5, 0.6) is 0 Å². The molecule has 1 aromatic rings. The van der Waals surface area contributed by atoms with Gasteiger partial charge in [-0.15, -0.1) is 0 Å². The zero-order chi connectivity index (χ0) is 10.4. The Morgan fingerprint density at radius 3 is 2.43 bits per heavy atom. The van der Waals surface area contributed by atoms with Crippen LogP contribution in [-0.2, 0) is 6.54 Å². The molecule has 0 fully saturated rings.